The third kappa shape index (κ3) is 5.51. The van der Waals surface area contributed by atoms with Crippen LogP contribution in [-0.2, 0) is 13.1 Å². The van der Waals surface area contributed by atoms with E-state index in [4.69, 9.17) is 35.2 Å². The molecular weight excluding hydrogens is 544 g/mol. The van der Waals surface area contributed by atoms with Gasteiger partial charge >= 0.3 is 0 Å². The second-order valence-electron chi connectivity index (χ2n) is 10.7. The van der Waals surface area contributed by atoms with Gasteiger partial charge in [0, 0.05) is 57.7 Å². The van der Waals surface area contributed by atoms with Crippen LogP contribution in [0, 0.1) is 49.4 Å². The molecule has 6 rings (SSSR count). The molecule has 2 heterocycles. The summed E-state index contributed by atoms with van der Waals surface area (Å²) >= 11 is 0. The van der Waals surface area contributed by atoms with Gasteiger partial charge in [0.15, 0.2) is 13.5 Å². The van der Waals surface area contributed by atoms with E-state index in [0.29, 0.717) is 52.7 Å². The predicted molar refractivity (Wildman–Crippen MR) is 180 cm³/mol. The zero-order valence-electron chi connectivity index (χ0n) is 24.5. The molecule has 2 aliphatic rings. The maximum absolute atomic E-state index is 6.21. The minimum absolute atomic E-state index is 0.444. The van der Waals surface area contributed by atoms with E-state index < -0.39 is 0 Å². The van der Waals surface area contributed by atoms with Gasteiger partial charge in [-0.25, -0.2) is 0 Å². The van der Waals surface area contributed by atoms with Crippen LogP contribution in [0.5, 0.6) is 11.5 Å². The molecule has 0 radical (unpaired) electrons. The van der Waals surface area contributed by atoms with E-state index in [9.17, 15) is 0 Å². The normalized spacial score (nSPS) is 13.2. The van der Waals surface area contributed by atoms with Gasteiger partial charge in [-0.1, -0.05) is 47.9 Å². The summed E-state index contributed by atoms with van der Waals surface area (Å²) in [4.78, 5) is 8.52. The average molecular weight is 577 g/mol. The topological polar surface area (TPSA) is 31.4 Å². The number of ether oxygens (including phenoxy) is 2. The lowest BCUT2D eigenvalue weighted by Gasteiger charge is -2.34. The van der Waals surface area contributed by atoms with E-state index in [1.807, 2.05) is 34.1 Å². The van der Waals surface area contributed by atoms with Crippen molar-refractivity contribution in [3.05, 3.63) is 83.9 Å². The molecular formula is C38H32N4O2. The molecule has 4 aromatic carbocycles. The van der Waals surface area contributed by atoms with E-state index in [-0.39, 0.29) is 0 Å². The maximum atomic E-state index is 6.21. The van der Waals surface area contributed by atoms with Gasteiger partial charge in [0.05, 0.1) is 26.2 Å². The Hall–Kier alpha value is -5.82. The summed E-state index contributed by atoms with van der Waals surface area (Å²) in [5.41, 5.74) is 6.35. The van der Waals surface area contributed by atoms with Gasteiger partial charge in [0.25, 0.3) is 0 Å². The molecule has 216 valence electrons. The summed E-state index contributed by atoms with van der Waals surface area (Å²) in [5.74, 6) is 12.6. The number of hydrogen-bond acceptors (Lipinski definition) is 6. The van der Waals surface area contributed by atoms with Crippen molar-refractivity contribution in [3.63, 3.8) is 0 Å². The molecule has 0 saturated heterocycles. The van der Waals surface area contributed by atoms with Gasteiger partial charge in [-0.15, -0.1) is 25.7 Å². The van der Waals surface area contributed by atoms with Crippen molar-refractivity contribution in [2.75, 3.05) is 59.2 Å². The second kappa shape index (κ2) is 12.6. The lowest BCUT2D eigenvalue weighted by molar-refractivity contribution is 0.289. The summed E-state index contributed by atoms with van der Waals surface area (Å²) in [7, 11) is 0. The number of terminal acetylenes is 4. The molecule has 0 unspecified atom stereocenters. The van der Waals surface area contributed by atoms with Crippen LogP contribution in [0.25, 0.3) is 10.8 Å². The molecule has 0 fully saturated rings. The smallest absolute Gasteiger partial charge is 0.161 e. The summed E-state index contributed by atoms with van der Waals surface area (Å²) < 4.78 is 12.4. The third-order valence-electron chi connectivity index (χ3n) is 7.98. The number of nitrogens with zero attached hydrogens (tertiary/aromatic N) is 4. The zero-order valence-corrected chi connectivity index (χ0v) is 24.5. The van der Waals surface area contributed by atoms with Crippen LogP contribution in [0.2, 0.25) is 0 Å². The van der Waals surface area contributed by atoms with E-state index in [0.717, 1.165) is 56.1 Å². The Kier molecular flexibility index (Phi) is 8.10. The monoisotopic (exact) mass is 576 g/mol. The van der Waals surface area contributed by atoms with E-state index in [1.165, 1.54) is 0 Å². The van der Waals surface area contributed by atoms with Gasteiger partial charge in [-0.3, -0.25) is 0 Å². The molecule has 4 aromatic rings. The molecule has 6 heteroatoms. The fourth-order valence-corrected chi connectivity index (χ4v) is 5.91. The van der Waals surface area contributed by atoms with Crippen molar-refractivity contribution in [1.82, 2.24) is 0 Å². The first kappa shape index (κ1) is 28.3. The molecule has 0 spiro atoms. The number of hydrogen-bond donors (Lipinski definition) is 0. The number of rotatable bonds is 8. The Morgan fingerprint density at radius 3 is 1.36 bits per heavy atom. The molecule has 0 bridgehead atoms. The summed E-state index contributed by atoms with van der Waals surface area (Å²) in [5, 5.41) is 2.28. The Balaban J connectivity index is 1.29. The van der Waals surface area contributed by atoms with Gasteiger partial charge < -0.3 is 29.1 Å². The summed E-state index contributed by atoms with van der Waals surface area (Å²) in [6.45, 7) is 4.06. The molecule has 0 amide bonds. The zero-order chi connectivity index (χ0) is 30.5. The fraction of sp³-hybridized carbons (Fsp3) is 0.211. The fourth-order valence-electron chi connectivity index (χ4n) is 5.91. The van der Waals surface area contributed by atoms with Crippen LogP contribution in [0.3, 0.4) is 0 Å². The Morgan fingerprint density at radius 2 is 0.977 bits per heavy atom. The maximum Gasteiger partial charge on any atom is 0.161 e. The largest absolute Gasteiger partial charge is 0.473 e. The highest BCUT2D eigenvalue weighted by atomic mass is 16.5. The van der Waals surface area contributed by atoms with E-state index in [2.05, 4.69) is 82.0 Å². The summed E-state index contributed by atoms with van der Waals surface area (Å²) in [6, 6.07) is 25.1. The van der Waals surface area contributed by atoms with Crippen molar-refractivity contribution < 1.29 is 9.47 Å². The highest BCUT2D eigenvalue weighted by Gasteiger charge is 2.24. The standard InChI is InChI=1S/C38H32N4O2/c1-5-19-39(20-6-2)31-15-17-37-29(23-31)25-41(27-43-37)35-13-9-12-34-33(35)11-10-14-36(34)42-26-30-24-32(16-18-38(30)44-28-42)40(21-7-3)22-8-4/h1-4,9-18,23-24H,19-22,25-28H2. The molecule has 0 atom stereocenters. The number of fused-ring (bicyclic) bond motifs is 3. The molecule has 0 saturated carbocycles. The molecule has 0 N–H and O–H groups in total. The second-order valence-corrected chi connectivity index (χ2v) is 10.7. The molecule has 6 nitrogen and oxygen atoms in total. The first-order valence-corrected chi connectivity index (χ1v) is 14.4. The molecule has 2 aliphatic heterocycles. The van der Waals surface area contributed by atoms with Crippen LogP contribution >= 0.6 is 0 Å². The highest BCUT2D eigenvalue weighted by Crippen LogP contribution is 2.39. The molecule has 0 aromatic heterocycles. The lowest BCUT2D eigenvalue weighted by Crippen LogP contribution is -2.33. The molecule has 44 heavy (non-hydrogen) atoms. The van der Waals surface area contributed by atoms with Crippen molar-refractivity contribution in [3.8, 4) is 60.9 Å². The first-order chi connectivity index (χ1) is 21.6. The van der Waals surface area contributed by atoms with Crippen LogP contribution in [-0.4, -0.2) is 39.6 Å². The van der Waals surface area contributed by atoms with Crippen molar-refractivity contribution in [1.29, 1.82) is 0 Å². The predicted octanol–water partition coefficient (Wildman–Crippen LogP) is 5.70. The Morgan fingerprint density at radius 1 is 0.568 bits per heavy atom. The average Bonchev–Trinajstić information content (AvgIpc) is 3.06. The van der Waals surface area contributed by atoms with Crippen molar-refractivity contribution in [2.24, 2.45) is 0 Å². The van der Waals surface area contributed by atoms with Gasteiger partial charge in [-0.05, 0) is 48.5 Å². The third-order valence-corrected chi connectivity index (χ3v) is 7.98. The van der Waals surface area contributed by atoms with Crippen LogP contribution in [0.4, 0.5) is 22.7 Å². The quantitative estimate of drug-likeness (QED) is 0.250. The van der Waals surface area contributed by atoms with Gasteiger partial charge in [0.1, 0.15) is 11.5 Å². The minimum atomic E-state index is 0.444. The highest BCUT2D eigenvalue weighted by molar-refractivity contribution is 6.02. The van der Waals surface area contributed by atoms with Crippen molar-refractivity contribution >= 4 is 33.5 Å². The van der Waals surface area contributed by atoms with Gasteiger partial charge in [-0.2, -0.15) is 0 Å². The SMILES string of the molecule is C#CCN(CC#C)c1ccc2c(c1)CN(c1cccc3c(N4COc5ccc(N(CC#C)CC#C)cc5C4)cccc13)CO2. The lowest BCUT2D eigenvalue weighted by atomic mass is 10.0. The Bertz CT molecular complexity index is 1700. The van der Waals surface area contributed by atoms with E-state index in [1.54, 1.807) is 0 Å². The van der Waals surface area contributed by atoms with Crippen LogP contribution in [0.1, 0.15) is 11.1 Å². The van der Waals surface area contributed by atoms with Crippen molar-refractivity contribution in [2.45, 2.75) is 13.1 Å². The van der Waals surface area contributed by atoms with E-state index >= 15 is 0 Å². The van der Waals surface area contributed by atoms with Crippen LogP contribution < -0.4 is 29.1 Å². The Labute approximate surface area is 259 Å². The number of benzene rings is 4. The number of anilines is 4. The molecule has 0 aliphatic carbocycles. The van der Waals surface area contributed by atoms with Gasteiger partial charge in [0.2, 0.25) is 0 Å². The van der Waals surface area contributed by atoms with Crippen LogP contribution in [0.15, 0.2) is 72.8 Å². The first-order valence-electron chi connectivity index (χ1n) is 14.4. The minimum Gasteiger partial charge on any atom is -0.473 e. The summed E-state index contributed by atoms with van der Waals surface area (Å²) in [6.07, 6.45) is 22.4.